The predicted octanol–water partition coefficient (Wildman–Crippen LogP) is 4.52. The van der Waals surface area contributed by atoms with Gasteiger partial charge in [0.25, 0.3) is 0 Å². The predicted molar refractivity (Wildman–Crippen MR) is 111 cm³/mol. The highest BCUT2D eigenvalue weighted by Gasteiger charge is 2.23. The number of amides is 1. The summed E-state index contributed by atoms with van der Waals surface area (Å²) in [5.74, 6) is 1.58. The first-order valence-electron chi connectivity index (χ1n) is 9.79. The minimum Gasteiger partial charge on any atom is -0.444 e. The average Bonchev–Trinajstić information content (AvgIpc) is 3.31. The van der Waals surface area contributed by atoms with Crippen LogP contribution in [0.15, 0.2) is 47.2 Å². The van der Waals surface area contributed by atoms with Crippen molar-refractivity contribution in [1.82, 2.24) is 20.0 Å². The van der Waals surface area contributed by atoms with Gasteiger partial charge in [0.05, 0.1) is 6.04 Å². The number of benzene rings is 1. The van der Waals surface area contributed by atoms with E-state index in [2.05, 4.69) is 15.5 Å². The van der Waals surface area contributed by atoms with Crippen LogP contribution in [0, 0.1) is 6.92 Å². The van der Waals surface area contributed by atoms with Gasteiger partial charge in [0.2, 0.25) is 0 Å². The van der Waals surface area contributed by atoms with Gasteiger partial charge >= 0.3 is 6.09 Å². The average molecular weight is 396 g/mol. The van der Waals surface area contributed by atoms with Crippen LogP contribution in [-0.4, -0.2) is 32.9 Å². The number of carbonyl (C=O) groups excluding carboxylic acids is 1. The second kappa shape index (κ2) is 8.51. The van der Waals surface area contributed by atoms with Gasteiger partial charge in [-0.1, -0.05) is 41.9 Å². The third-order valence-electron chi connectivity index (χ3n) is 4.45. The summed E-state index contributed by atoms with van der Waals surface area (Å²) in [6, 6.07) is 9.72. The zero-order chi connectivity index (χ0) is 21.0. The van der Waals surface area contributed by atoms with Crippen LogP contribution in [0.5, 0.6) is 0 Å². The third kappa shape index (κ3) is 5.25. The van der Waals surface area contributed by atoms with Crippen molar-refractivity contribution in [1.29, 1.82) is 0 Å². The van der Waals surface area contributed by atoms with Gasteiger partial charge in [0.15, 0.2) is 5.76 Å². The van der Waals surface area contributed by atoms with Gasteiger partial charge in [0.1, 0.15) is 17.1 Å². The Balaban J connectivity index is 1.86. The van der Waals surface area contributed by atoms with Gasteiger partial charge in [-0.3, -0.25) is 0 Å². The second-order valence-corrected chi connectivity index (χ2v) is 7.98. The fraction of sp³-hybridized carbons (Fsp3) is 0.409. The first kappa shape index (κ1) is 20.6. The number of aryl methyl sites for hydroxylation is 2. The van der Waals surface area contributed by atoms with Gasteiger partial charge < -0.3 is 19.1 Å². The van der Waals surface area contributed by atoms with Crippen molar-refractivity contribution in [3.8, 4) is 11.3 Å². The van der Waals surface area contributed by atoms with E-state index in [-0.39, 0.29) is 6.04 Å². The molecule has 3 rings (SSSR count). The number of alkyl carbamates (subject to hydrolysis) is 1. The Bertz CT molecular complexity index is 951. The molecule has 1 amide bonds. The highest BCUT2D eigenvalue weighted by Crippen LogP contribution is 2.26. The molecule has 3 aromatic rings. The van der Waals surface area contributed by atoms with Gasteiger partial charge in [-0.25, -0.2) is 9.78 Å². The molecule has 0 aliphatic carbocycles. The molecule has 29 heavy (non-hydrogen) atoms. The molecule has 0 spiro atoms. The van der Waals surface area contributed by atoms with E-state index in [1.807, 2.05) is 75.7 Å². The maximum atomic E-state index is 12.2. The molecule has 7 nitrogen and oxygen atoms in total. The third-order valence-corrected chi connectivity index (χ3v) is 4.45. The lowest BCUT2D eigenvalue weighted by Crippen LogP contribution is -2.36. The molecule has 0 aliphatic heterocycles. The monoisotopic (exact) mass is 396 g/mol. The largest absolute Gasteiger partial charge is 0.444 e. The van der Waals surface area contributed by atoms with Crippen LogP contribution < -0.4 is 5.32 Å². The molecular formula is C22H28N4O3. The Morgan fingerprint density at radius 1 is 1.28 bits per heavy atom. The molecule has 0 saturated carbocycles. The molecule has 1 N–H and O–H groups in total. The number of nitrogens with one attached hydrogen (secondary N) is 1. The number of imidazole rings is 1. The molecule has 154 valence electrons. The van der Waals surface area contributed by atoms with E-state index < -0.39 is 11.7 Å². The molecular weight excluding hydrogens is 368 g/mol. The summed E-state index contributed by atoms with van der Waals surface area (Å²) in [5.41, 5.74) is 2.29. The van der Waals surface area contributed by atoms with E-state index in [4.69, 9.17) is 9.26 Å². The lowest BCUT2D eigenvalue weighted by atomic mass is 10.1. The minimum absolute atomic E-state index is 0.261. The van der Waals surface area contributed by atoms with Crippen molar-refractivity contribution in [2.24, 2.45) is 0 Å². The first-order valence-corrected chi connectivity index (χ1v) is 9.79. The van der Waals surface area contributed by atoms with Crippen LogP contribution in [0.1, 0.15) is 50.8 Å². The molecule has 0 saturated heterocycles. The summed E-state index contributed by atoms with van der Waals surface area (Å²) < 4.78 is 13.0. The molecule has 0 fully saturated rings. The van der Waals surface area contributed by atoms with Crippen molar-refractivity contribution in [3.05, 3.63) is 59.8 Å². The lowest BCUT2D eigenvalue weighted by Gasteiger charge is -2.22. The second-order valence-electron chi connectivity index (χ2n) is 7.98. The quantitative estimate of drug-likeness (QED) is 0.662. The van der Waals surface area contributed by atoms with Gasteiger partial charge in [0, 0.05) is 37.0 Å². The van der Waals surface area contributed by atoms with Crippen LogP contribution in [0.2, 0.25) is 0 Å². The van der Waals surface area contributed by atoms with E-state index >= 15 is 0 Å². The van der Waals surface area contributed by atoms with Crippen molar-refractivity contribution in [3.63, 3.8) is 0 Å². The van der Waals surface area contributed by atoms with Crippen molar-refractivity contribution < 1.29 is 14.1 Å². The molecule has 1 aromatic carbocycles. The standard InChI is InChI=1S/C22H28N4O3/c1-6-20-23-11-12-26(20)18(14-24-21(27)28-22(3,4)5)17-13-19(29-25-17)16-9-7-15(2)8-10-16/h7-13,18H,6,14H2,1-5H3,(H,24,27). The number of hydrogen-bond acceptors (Lipinski definition) is 5. The summed E-state index contributed by atoms with van der Waals surface area (Å²) in [7, 11) is 0. The lowest BCUT2D eigenvalue weighted by molar-refractivity contribution is 0.0522. The van der Waals surface area contributed by atoms with Crippen LogP contribution in [0.3, 0.4) is 0 Å². The SMILES string of the molecule is CCc1nccn1C(CNC(=O)OC(C)(C)C)c1cc(-c2ccc(C)cc2)on1. The molecule has 2 aromatic heterocycles. The Morgan fingerprint density at radius 2 is 2.00 bits per heavy atom. The first-order chi connectivity index (χ1) is 13.8. The van der Waals surface area contributed by atoms with Crippen molar-refractivity contribution >= 4 is 6.09 Å². The fourth-order valence-electron chi connectivity index (χ4n) is 3.04. The molecule has 0 bridgehead atoms. The fourth-order valence-corrected chi connectivity index (χ4v) is 3.04. The normalized spacial score (nSPS) is 12.6. The molecule has 1 atom stereocenters. The van der Waals surface area contributed by atoms with Crippen LogP contribution >= 0.6 is 0 Å². The highest BCUT2D eigenvalue weighted by molar-refractivity contribution is 5.67. The Kier molecular flexibility index (Phi) is 6.06. The van der Waals surface area contributed by atoms with E-state index in [0.717, 1.165) is 17.8 Å². The maximum absolute atomic E-state index is 12.2. The number of nitrogens with zero attached hydrogens (tertiary/aromatic N) is 3. The van der Waals surface area contributed by atoms with Crippen molar-refractivity contribution in [2.45, 2.75) is 52.7 Å². The summed E-state index contributed by atoms with van der Waals surface area (Å²) >= 11 is 0. The molecule has 0 radical (unpaired) electrons. The highest BCUT2D eigenvalue weighted by atomic mass is 16.6. The topological polar surface area (TPSA) is 82.2 Å². The van der Waals surface area contributed by atoms with Gasteiger partial charge in [-0.2, -0.15) is 0 Å². The van der Waals surface area contributed by atoms with Gasteiger partial charge in [-0.15, -0.1) is 0 Å². The van der Waals surface area contributed by atoms with E-state index in [1.165, 1.54) is 5.56 Å². The minimum atomic E-state index is -0.560. The van der Waals surface area contributed by atoms with Gasteiger partial charge in [-0.05, 0) is 27.7 Å². The molecule has 2 heterocycles. The van der Waals surface area contributed by atoms with Crippen LogP contribution in [-0.2, 0) is 11.2 Å². The Morgan fingerprint density at radius 3 is 2.66 bits per heavy atom. The van der Waals surface area contributed by atoms with Crippen molar-refractivity contribution in [2.75, 3.05) is 6.54 Å². The van der Waals surface area contributed by atoms with E-state index in [9.17, 15) is 4.79 Å². The molecule has 0 aliphatic rings. The number of aromatic nitrogens is 3. The zero-order valence-electron chi connectivity index (χ0n) is 17.6. The zero-order valence-corrected chi connectivity index (χ0v) is 17.6. The number of carbonyl (C=O) groups is 1. The smallest absolute Gasteiger partial charge is 0.407 e. The summed E-state index contributed by atoms with van der Waals surface area (Å²) in [5, 5.41) is 7.13. The molecule has 7 heteroatoms. The summed E-state index contributed by atoms with van der Waals surface area (Å²) in [4.78, 5) is 16.6. The van der Waals surface area contributed by atoms with Crippen LogP contribution in [0.25, 0.3) is 11.3 Å². The number of ether oxygens (including phenoxy) is 1. The number of rotatable bonds is 6. The summed E-state index contributed by atoms with van der Waals surface area (Å²) in [6.07, 6.45) is 3.93. The number of hydrogen-bond donors (Lipinski definition) is 1. The van der Waals surface area contributed by atoms with E-state index in [0.29, 0.717) is 18.0 Å². The maximum Gasteiger partial charge on any atom is 0.407 e. The van der Waals surface area contributed by atoms with Crippen LogP contribution in [0.4, 0.5) is 4.79 Å². The summed E-state index contributed by atoms with van der Waals surface area (Å²) in [6.45, 7) is 9.89. The van der Waals surface area contributed by atoms with E-state index in [1.54, 1.807) is 6.20 Å². The molecule has 1 unspecified atom stereocenters. The Labute approximate surface area is 171 Å². The Hall–Kier alpha value is -3.09.